The molecule has 0 aromatic heterocycles. The Kier molecular flexibility index (Phi) is 3.13. The predicted octanol–water partition coefficient (Wildman–Crippen LogP) is 1.65. The van der Waals surface area contributed by atoms with Crippen LogP contribution in [0.4, 0.5) is 5.69 Å². The molecule has 17 heavy (non-hydrogen) atoms. The Hall–Kier alpha value is -1.46. The van der Waals surface area contributed by atoms with E-state index >= 15 is 0 Å². The van der Waals surface area contributed by atoms with Gasteiger partial charge < -0.3 is 11.5 Å². The molecular weight excluding hydrogens is 218 g/mol. The average Bonchev–Trinajstić information content (AvgIpc) is 2.28. The van der Waals surface area contributed by atoms with Crippen molar-refractivity contribution in [3.05, 3.63) is 39.9 Å². The summed E-state index contributed by atoms with van der Waals surface area (Å²) in [6.07, 6.45) is 3.23. The summed E-state index contributed by atoms with van der Waals surface area (Å²) >= 11 is 0. The van der Waals surface area contributed by atoms with Crippen LogP contribution in [-0.4, -0.2) is 11.0 Å². The van der Waals surface area contributed by atoms with Crippen LogP contribution in [0.2, 0.25) is 0 Å². The van der Waals surface area contributed by atoms with Crippen LogP contribution in [0.15, 0.2) is 24.3 Å². The second kappa shape index (κ2) is 4.43. The molecule has 92 valence electrons. The average molecular weight is 235 g/mol. The van der Waals surface area contributed by atoms with Gasteiger partial charge in [-0.05, 0) is 25.7 Å². The lowest BCUT2D eigenvalue weighted by molar-refractivity contribution is -0.386. The van der Waals surface area contributed by atoms with E-state index in [2.05, 4.69) is 0 Å². The van der Waals surface area contributed by atoms with Crippen LogP contribution in [0.3, 0.4) is 0 Å². The smallest absolute Gasteiger partial charge is 0.274 e. The second-order valence-corrected chi connectivity index (χ2v) is 4.79. The Morgan fingerprint density at radius 2 is 2.12 bits per heavy atom. The van der Waals surface area contributed by atoms with Crippen molar-refractivity contribution in [3.63, 3.8) is 0 Å². The van der Waals surface area contributed by atoms with E-state index in [0.29, 0.717) is 12.0 Å². The maximum absolute atomic E-state index is 11.0. The summed E-state index contributed by atoms with van der Waals surface area (Å²) in [5.41, 5.74) is 12.3. The number of nitrogens with zero attached hydrogens (tertiary/aromatic N) is 1. The molecule has 2 atom stereocenters. The second-order valence-electron chi connectivity index (χ2n) is 4.79. The molecule has 0 spiro atoms. The van der Waals surface area contributed by atoms with E-state index in [1.807, 2.05) is 0 Å². The van der Waals surface area contributed by atoms with Crippen LogP contribution in [-0.2, 0) is 5.54 Å². The number of rotatable bonds is 2. The van der Waals surface area contributed by atoms with Gasteiger partial charge in [-0.2, -0.15) is 0 Å². The van der Waals surface area contributed by atoms with Crippen molar-refractivity contribution in [1.82, 2.24) is 0 Å². The highest BCUT2D eigenvalue weighted by molar-refractivity contribution is 5.45. The maximum Gasteiger partial charge on any atom is 0.274 e. The highest BCUT2D eigenvalue weighted by Crippen LogP contribution is 2.38. The van der Waals surface area contributed by atoms with Gasteiger partial charge in [0.1, 0.15) is 0 Å². The first-order valence-electron chi connectivity index (χ1n) is 5.81. The molecule has 4 N–H and O–H groups in total. The Bertz CT molecular complexity index is 436. The molecule has 0 aliphatic heterocycles. The minimum atomic E-state index is -0.651. The van der Waals surface area contributed by atoms with Gasteiger partial charge in [-0.15, -0.1) is 0 Å². The number of nitro benzene ring substituents is 1. The van der Waals surface area contributed by atoms with E-state index < -0.39 is 5.54 Å². The van der Waals surface area contributed by atoms with Crippen molar-refractivity contribution in [2.75, 3.05) is 0 Å². The van der Waals surface area contributed by atoms with E-state index in [9.17, 15) is 10.1 Å². The van der Waals surface area contributed by atoms with Crippen LogP contribution in [0.1, 0.15) is 31.2 Å². The molecule has 2 rings (SSSR count). The van der Waals surface area contributed by atoms with Crippen molar-refractivity contribution in [1.29, 1.82) is 0 Å². The quantitative estimate of drug-likeness (QED) is 0.601. The van der Waals surface area contributed by atoms with Crippen LogP contribution < -0.4 is 11.5 Å². The molecule has 5 nitrogen and oxygen atoms in total. The van der Waals surface area contributed by atoms with E-state index in [1.165, 1.54) is 6.07 Å². The summed E-state index contributed by atoms with van der Waals surface area (Å²) < 4.78 is 0. The first-order valence-corrected chi connectivity index (χ1v) is 5.81. The molecule has 0 saturated heterocycles. The van der Waals surface area contributed by atoms with E-state index in [-0.39, 0.29) is 16.7 Å². The zero-order valence-electron chi connectivity index (χ0n) is 9.63. The monoisotopic (exact) mass is 235 g/mol. The van der Waals surface area contributed by atoms with Gasteiger partial charge in [-0.3, -0.25) is 10.1 Å². The molecule has 1 aliphatic carbocycles. The molecule has 0 heterocycles. The topological polar surface area (TPSA) is 95.2 Å². The van der Waals surface area contributed by atoms with Gasteiger partial charge in [0.2, 0.25) is 0 Å². The largest absolute Gasteiger partial charge is 0.328 e. The fourth-order valence-corrected chi connectivity index (χ4v) is 2.65. The van der Waals surface area contributed by atoms with Gasteiger partial charge in [0.15, 0.2) is 0 Å². The number of benzene rings is 1. The molecule has 1 aromatic rings. The number of hydrogen-bond donors (Lipinski definition) is 2. The Morgan fingerprint density at radius 3 is 2.76 bits per heavy atom. The fraction of sp³-hybridized carbons (Fsp3) is 0.500. The van der Waals surface area contributed by atoms with Crippen LogP contribution in [0.5, 0.6) is 0 Å². The SMILES string of the molecule is NC1CCCC(N)(c2ccccc2[N+](=O)[O-])C1. The lowest BCUT2D eigenvalue weighted by Gasteiger charge is -2.36. The summed E-state index contributed by atoms with van der Waals surface area (Å²) in [6, 6.07) is 6.74. The third-order valence-corrected chi connectivity index (χ3v) is 3.46. The minimum absolute atomic E-state index is 0.0357. The summed E-state index contributed by atoms with van der Waals surface area (Å²) in [4.78, 5) is 10.6. The maximum atomic E-state index is 11.0. The van der Waals surface area contributed by atoms with Gasteiger partial charge in [0.05, 0.1) is 4.92 Å². The third-order valence-electron chi connectivity index (χ3n) is 3.46. The first kappa shape index (κ1) is 12.0. The number of nitrogens with two attached hydrogens (primary N) is 2. The molecule has 0 bridgehead atoms. The zero-order chi connectivity index (χ0) is 12.5. The number of hydrogen-bond acceptors (Lipinski definition) is 4. The molecule has 2 unspecified atom stereocenters. The minimum Gasteiger partial charge on any atom is -0.328 e. The van der Waals surface area contributed by atoms with Gasteiger partial charge in [-0.25, -0.2) is 0 Å². The van der Waals surface area contributed by atoms with E-state index in [4.69, 9.17) is 11.5 Å². The molecule has 1 fully saturated rings. The molecule has 1 saturated carbocycles. The van der Waals surface area contributed by atoms with Crippen molar-refractivity contribution >= 4 is 5.69 Å². The predicted molar refractivity (Wildman–Crippen MR) is 65.4 cm³/mol. The third kappa shape index (κ3) is 2.30. The van der Waals surface area contributed by atoms with Crippen molar-refractivity contribution in [2.45, 2.75) is 37.3 Å². The van der Waals surface area contributed by atoms with Gasteiger partial charge in [-0.1, -0.05) is 18.2 Å². The Balaban J connectivity index is 2.41. The van der Waals surface area contributed by atoms with Crippen LogP contribution in [0.25, 0.3) is 0 Å². The molecule has 0 radical (unpaired) electrons. The highest BCUT2D eigenvalue weighted by atomic mass is 16.6. The molecule has 1 aliphatic rings. The molecule has 0 amide bonds. The highest BCUT2D eigenvalue weighted by Gasteiger charge is 2.37. The van der Waals surface area contributed by atoms with Crippen molar-refractivity contribution < 1.29 is 4.92 Å². The Labute approximate surface area is 99.9 Å². The molecule has 1 aromatic carbocycles. The van der Waals surface area contributed by atoms with Crippen LogP contribution >= 0.6 is 0 Å². The van der Waals surface area contributed by atoms with E-state index in [1.54, 1.807) is 18.2 Å². The van der Waals surface area contributed by atoms with Gasteiger partial charge in [0.25, 0.3) is 5.69 Å². The van der Waals surface area contributed by atoms with Crippen molar-refractivity contribution in [3.8, 4) is 0 Å². The standard InChI is InChI=1S/C12H17N3O2/c13-9-4-3-7-12(14,8-9)10-5-1-2-6-11(10)15(16)17/h1-2,5-6,9H,3-4,7-8,13-14H2. The zero-order valence-corrected chi connectivity index (χ0v) is 9.63. The summed E-state index contributed by atoms with van der Waals surface area (Å²) in [7, 11) is 0. The number of nitro groups is 1. The summed E-state index contributed by atoms with van der Waals surface area (Å²) in [6.45, 7) is 0. The summed E-state index contributed by atoms with van der Waals surface area (Å²) in [5, 5.41) is 11.0. The van der Waals surface area contributed by atoms with Crippen molar-refractivity contribution in [2.24, 2.45) is 11.5 Å². The number of para-hydroxylation sites is 1. The molecule has 5 heteroatoms. The fourth-order valence-electron chi connectivity index (χ4n) is 2.65. The first-order chi connectivity index (χ1) is 8.03. The normalized spacial score (nSPS) is 28.9. The van der Waals surface area contributed by atoms with E-state index in [0.717, 1.165) is 19.3 Å². The van der Waals surface area contributed by atoms with Gasteiger partial charge >= 0.3 is 0 Å². The lowest BCUT2D eigenvalue weighted by atomic mass is 9.75. The Morgan fingerprint density at radius 1 is 1.41 bits per heavy atom. The molecular formula is C12H17N3O2. The van der Waals surface area contributed by atoms with Gasteiger partial charge in [0, 0.05) is 23.2 Å². The van der Waals surface area contributed by atoms with Crippen LogP contribution in [0, 0.1) is 10.1 Å². The summed E-state index contributed by atoms with van der Waals surface area (Å²) in [5.74, 6) is 0. The lowest BCUT2D eigenvalue weighted by Crippen LogP contribution is -2.46.